The number of likely N-dealkylation sites (N-methyl/N-ethyl adjacent to an activating group) is 1. The predicted molar refractivity (Wildman–Crippen MR) is 46.0 cm³/mol. The van der Waals surface area contributed by atoms with Gasteiger partial charge in [0.2, 0.25) is 0 Å². The monoisotopic (exact) mass is 172 g/mol. The summed E-state index contributed by atoms with van der Waals surface area (Å²) in [6.07, 6.45) is 0.852. The van der Waals surface area contributed by atoms with Gasteiger partial charge in [-0.05, 0) is 20.4 Å². The first-order chi connectivity index (χ1) is 5.70. The summed E-state index contributed by atoms with van der Waals surface area (Å²) in [5.74, 6) is 0. The Bertz CT molecular complexity index is 172. The second kappa shape index (κ2) is 3.76. The molecule has 4 heteroatoms. The van der Waals surface area contributed by atoms with Crippen molar-refractivity contribution in [3.63, 3.8) is 0 Å². The smallest absolute Gasteiger partial charge is 0.409 e. The zero-order chi connectivity index (χ0) is 9.14. The van der Waals surface area contributed by atoms with Crippen LogP contribution in [-0.4, -0.2) is 43.8 Å². The number of hydrogen-bond donors (Lipinski definition) is 1. The van der Waals surface area contributed by atoms with Crippen molar-refractivity contribution in [3.8, 4) is 0 Å². The van der Waals surface area contributed by atoms with E-state index < -0.39 is 0 Å². The lowest BCUT2D eigenvalue weighted by Crippen LogP contribution is -2.58. The average molecular weight is 172 g/mol. The molecule has 2 unspecified atom stereocenters. The molecule has 0 aromatic rings. The van der Waals surface area contributed by atoms with Gasteiger partial charge in [-0.3, -0.25) is 0 Å². The Morgan fingerprint density at radius 3 is 2.75 bits per heavy atom. The van der Waals surface area contributed by atoms with E-state index in [1.54, 1.807) is 4.90 Å². The maximum atomic E-state index is 11.1. The largest absolute Gasteiger partial charge is 0.453 e. The van der Waals surface area contributed by atoms with Gasteiger partial charge in [-0.1, -0.05) is 0 Å². The van der Waals surface area contributed by atoms with E-state index in [-0.39, 0.29) is 6.09 Å². The lowest BCUT2D eigenvalue weighted by Gasteiger charge is -2.43. The number of nitrogens with zero attached hydrogens (tertiary/aromatic N) is 1. The summed E-state index contributed by atoms with van der Waals surface area (Å²) < 4.78 is 4.64. The molecule has 0 bridgehead atoms. The third kappa shape index (κ3) is 1.53. The summed E-state index contributed by atoms with van der Waals surface area (Å²) in [5, 5.41) is 3.13. The van der Waals surface area contributed by atoms with Gasteiger partial charge in [0.05, 0.1) is 13.2 Å². The third-order valence-electron chi connectivity index (χ3n) is 2.51. The minimum atomic E-state index is -0.214. The molecule has 70 valence electrons. The van der Waals surface area contributed by atoms with Crippen molar-refractivity contribution in [2.45, 2.75) is 25.4 Å². The van der Waals surface area contributed by atoms with Crippen LogP contribution in [0.1, 0.15) is 13.3 Å². The van der Waals surface area contributed by atoms with Crippen molar-refractivity contribution in [3.05, 3.63) is 0 Å². The molecule has 1 aliphatic rings. The molecule has 1 aliphatic heterocycles. The molecule has 1 saturated heterocycles. The molecule has 1 heterocycles. The molecule has 12 heavy (non-hydrogen) atoms. The molecule has 1 amide bonds. The van der Waals surface area contributed by atoms with E-state index >= 15 is 0 Å². The quantitative estimate of drug-likeness (QED) is 0.657. The van der Waals surface area contributed by atoms with Gasteiger partial charge in [0.15, 0.2) is 0 Å². The molecule has 1 rings (SSSR count). The number of carbonyl (C=O) groups excluding carboxylic acids is 1. The fourth-order valence-electron chi connectivity index (χ4n) is 1.46. The fourth-order valence-corrected chi connectivity index (χ4v) is 1.46. The van der Waals surface area contributed by atoms with E-state index in [0.29, 0.717) is 12.1 Å². The number of amides is 1. The van der Waals surface area contributed by atoms with Crippen LogP contribution in [0.5, 0.6) is 0 Å². The van der Waals surface area contributed by atoms with Crippen molar-refractivity contribution in [1.29, 1.82) is 0 Å². The molecule has 0 aliphatic carbocycles. The maximum Gasteiger partial charge on any atom is 0.409 e. The van der Waals surface area contributed by atoms with E-state index in [1.165, 1.54) is 7.11 Å². The van der Waals surface area contributed by atoms with Crippen molar-refractivity contribution in [2.75, 3.05) is 20.7 Å². The number of rotatable bonds is 2. The van der Waals surface area contributed by atoms with Crippen LogP contribution in [-0.2, 0) is 4.74 Å². The first kappa shape index (κ1) is 9.32. The van der Waals surface area contributed by atoms with E-state index in [2.05, 4.69) is 17.0 Å². The Kier molecular flexibility index (Phi) is 2.92. The number of likely N-dealkylation sites (tertiary alicyclic amines) is 1. The van der Waals surface area contributed by atoms with Crippen LogP contribution in [0.25, 0.3) is 0 Å². The standard InChI is InChI=1S/C8H16N2O2/c1-6(9-2)7-4-5-10(7)8(11)12-3/h6-7,9H,4-5H2,1-3H3. The molecular weight excluding hydrogens is 156 g/mol. The molecular formula is C8H16N2O2. The van der Waals surface area contributed by atoms with E-state index in [0.717, 1.165) is 13.0 Å². The van der Waals surface area contributed by atoms with Crippen LogP contribution in [0.3, 0.4) is 0 Å². The Morgan fingerprint density at radius 2 is 2.42 bits per heavy atom. The summed E-state index contributed by atoms with van der Waals surface area (Å²) in [7, 11) is 3.32. The fraction of sp³-hybridized carbons (Fsp3) is 0.875. The second-order valence-electron chi connectivity index (χ2n) is 3.10. The molecule has 0 saturated carbocycles. The topological polar surface area (TPSA) is 41.6 Å². The summed E-state index contributed by atoms with van der Waals surface area (Å²) in [5.41, 5.74) is 0. The maximum absolute atomic E-state index is 11.1. The van der Waals surface area contributed by atoms with Crippen LogP contribution in [0.15, 0.2) is 0 Å². The van der Waals surface area contributed by atoms with Crippen LogP contribution in [0, 0.1) is 0 Å². The van der Waals surface area contributed by atoms with Crippen molar-refractivity contribution in [2.24, 2.45) is 0 Å². The normalized spacial score (nSPS) is 24.6. The van der Waals surface area contributed by atoms with Gasteiger partial charge >= 0.3 is 6.09 Å². The number of nitrogens with one attached hydrogen (secondary N) is 1. The molecule has 1 N–H and O–H groups in total. The van der Waals surface area contributed by atoms with Gasteiger partial charge in [0, 0.05) is 12.6 Å². The molecule has 4 nitrogen and oxygen atoms in total. The van der Waals surface area contributed by atoms with Crippen LogP contribution in [0.4, 0.5) is 4.79 Å². The zero-order valence-corrected chi connectivity index (χ0v) is 7.83. The van der Waals surface area contributed by atoms with Gasteiger partial charge in [0.1, 0.15) is 0 Å². The molecule has 2 atom stereocenters. The Labute approximate surface area is 72.9 Å². The van der Waals surface area contributed by atoms with Crippen molar-refractivity contribution < 1.29 is 9.53 Å². The van der Waals surface area contributed by atoms with Crippen LogP contribution < -0.4 is 5.32 Å². The summed E-state index contributed by atoms with van der Waals surface area (Å²) >= 11 is 0. The van der Waals surface area contributed by atoms with Gasteiger partial charge < -0.3 is 15.0 Å². The second-order valence-corrected chi connectivity index (χ2v) is 3.10. The van der Waals surface area contributed by atoms with Gasteiger partial charge in [-0.15, -0.1) is 0 Å². The lowest BCUT2D eigenvalue weighted by atomic mass is 9.97. The van der Waals surface area contributed by atoms with E-state index in [1.807, 2.05) is 7.05 Å². The lowest BCUT2D eigenvalue weighted by molar-refractivity contribution is 0.0487. The highest BCUT2D eigenvalue weighted by molar-refractivity contribution is 5.69. The van der Waals surface area contributed by atoms with Crippen molar-refractivity contribution >= 4 is 6.09 Å². The van der Waals surface area contributed by atoms with Gasteiger partial charge in [0.25, 0.3) is 0 Å². The van der Waals surface area contributed by atoms with Gasteiger partial charge in [-0.25, -0.2) is 4.79 Å². The summed E-state index contributed by atoms with van der Waals surface area (Å²) in [4.78, 5) is 12.9. The SMILES string of the molecule is CNC(C)C1CCN1C(=O)OC. The van der Waals surface area contributed by atoms with E-state index in [4.69, 9.17) is 0 Å². The number of ether oxygens (including phenoxy) is 1. The van der Waals surface area contributed by atoms with E-state index in [9.17, 15) is 4.79 Å². The third-order valence-corrected chi connectivity index (χ3v) is 2.51. The highest BCUT2D eigenvalue weighted by atomic mass is 16.5. The summed E-state index contributed by atoms with van der Waals surface area (Å²) in [6, 6.07) is 0.653. The number of hydrogen-bond acceptors (Lipinski definition) is 3. The minimum absolute atomic E-state index is 0.214. The van der Waals surface area contributed by atoms with Crippen molar-refractivity contribution in [1.82, 2.24) is 10.2 Å². The average Bonchev–Trinajstić information content (AvgIpc) is 2.02. The van der Waals surface area contributed by atoms with Crippen LogP contribution in [0.2, 0.25) is 0 Å². The zero-order valence-electron chi connectivity index (χ0n) is 7.83. The minimum Gasteiger partial charge on any atom is -0.453 e. The molecule has 0 aromatic heterocycles. The molecule has 0 aromatic carbocycles. The number of methoxy groups -OCH3 is 1. The highest BCUT2D eigenvalue weighted by Crippen LogP contribution is 2.20. The Hall–Kier alpha value is -0.770. The molecule has 0 radical (unpaired) electrons. The predicted octanol–water partition coefficient (Wildman–Crippen LogP) is 0.435. The first-order valence-corrected chi connectivity index (χ1v) is 4.22. The molecule has 1 fully saturated rings. The first-order valence-electron chi connectivity index (χ1n) is 4.22. The van der Waals surface area contributed by atoms with Crippen LogP contribution >= 0.6 is 0 Å². The highest BCUT2D eigenvalue weighted by Gasteiger charge is 2.35. The molecule has 0 spiro atoms. The number of carbonyl (C=O) groups is 1. The van der Waals surface area contributed by atoms with Gasteiger partial charge in [-0.2, -0.15) is 0 Å². The summed E-state index contributed by atoms with van der Waals surface area (Å²) in [6.45, 7) is 2.89. The Balaban J connectivity index is 2.43. The Morgan fingerprint density at radius 1 is 1.75 bits per heavy atom.